The predicted molar refractivity (Wildman–Crippen MR) is 199 cm³/mol. The van der Waals surface area contributed by atoms with Gasteiger partial charge in [-0.25, -0.2) is 24.7 Å². The summed E-state index contributed by atoms with van der Waals surface area (Å²) in [6.45, 7) is 6.80. The third-order valence-electron chi connectivity index (χ3n) is 10.0. The summed E-state index contributed by atoms with van der Waals surface area (Å²) < 4.78 is 4.91. The van der Waals surface area contributed by atoms with Crippen molar-refractivity contribution in [1.29, 1.82) is 0 Å². The molecule has 3 amide bonds. The van der Waals surface area contributed by atoms with E-state index >= 15 is 0 Å². The van der Waals surface area contributed by atoms with Crippen LogP contribution in [-0.4, -0.2) is 82.8 Å². The van der Waals surface area contributed by atoms with E-state index in [4.69, 9.17) is 15.5 Å². The van der Waals surface area contributed by atoms with Crippen LogP contribution in [0, 0.1) is 5.92 Å². The molecule has 53 heavy (non-hydrogen) atoms. The van der Waals surface area contributed by atoms with E-state index in [-0.39, 0.29) is 29.8 Å². The Morgan fingerprint density at radius 1 is 0.736 bits per heavy atom. The maximum absolute atomic E-state index is 13.8. The lowest BCUT2D eigenvalue weighted by atomic mass is 10.0. The molecule has 2 aromatic carbocycles. The van der Waals surface area contributed by atoms with Gasteiger partial charge in [0.15, 0.2) is 6.10 Å². The number of anilines is 1. The Kier molecular flexibility index (Phi) is 10.2. The highest BCUT2D eigenvalue weighted by Crippen LogP contribution is 2.35. The lowest BCUT2D eigenvalue weighted by Gasteiger charge is -2.30. The number of carbonyl (C=O) groups excluding carboxylic acids is 3. The Morgan fingerprint density at radius 3 is 1.68 bits per heavy atom. The highest BCUT2D eigenvalue weighted by atomic mass is 16.6. The number of amides is 3. The van der Waals surface area contributed by atoms with Gasteiger partial charge in [0.1, 0.15) is 17.7 Å². The van der Waals surface area contributed by atoms with Crippen molar-refractivity contribution < 1.29 is 19.1 Å². The van der Waals surface area contributed by atoms with Crippen LogP contribution in [0.4, 0.5) is 10.7 Å². The minimum absolute atomic E-state index is 0.0205. The number of hydrogen-bond donors (Lipinski definition) is 4. The van der Waals surface area contributed by atoms with Crippen LogP contribution in [0.5, 0.6) is 0 Å². The normalized spacial score (nSPS) is 18.3. The number of carbonyl (C=O) groups is 3. The number of hydrogen-bond acceptors (Lipinski definition) is 9. The SMILES string of the molecule is CC(C)[C@H](Nc1ncccn1)C(=O)N1CCC[C@H]1c1ncc(-c2ccc(-c3ccc(-c4cnc([C@@H]5CCCN5C(=O)[C@H](C)OC(N)=O)[nH]4)cc3)cc2)[nH]1. The van der Waals surface area contributed by atoms with Crippen molar-refractivity contribution in [3.8, 4) is 33.6 Å². The maximum atomic E-state index is 13.8. The molecule has 7 rings (SSSR count). The van der Waals surface area contributed by atoms with Gasteiger partial charge in [-0.05, 0) is 66.8 Å². The second-order valence-electron chi connectivity index (χ2n) is 13.9. The number of rotatable bonds is 11. The first-order valence-electron chi connectivity index (χ1n) is 18.1. The van der Waals surface area contributed by atoms with E-state index in [1.807, 2.05) is 37.1 Å². The second-order valence-corrected chi connectivity index (χ2v) is 13.9. The van der Waals surface area contributed by atoms with Gasteiger partial charge >= 0.3 is 6.09 Å². The van der Waals surface area contributed by atoms with Crippen LogP contribution in [0.1, 0.15) is 70.2 Å². The van der Waals surface area contributed by atoms with Crippen LogP contribution < -0.4 is 11.1 Å². The number of aromatic nitrogens is 6. The fourth-order valence-corrected chi connectivity index (χ4v) is 7.28. The van der Waals surface area contributed by atoms with Gasteiger partial charge in [0.05, 0.1) is 35.9 Å². The minimum Gasteiger partial charge on any atom is -0.437 e. The molecule has 0 saturated carbocycles. The number of benzene rings is 2. The van der Waals surface area contributed by atoms with Crippen molar-refractivity contribution in [2.45, 2.75) is 70.7 Å². The minimum atomic E-state index is -0.973. The van der Waals surface area contributed by atoms with Crippen LogP contribution in [0.25, 0.3) is 33.6 Å². The Labute approximate surface area is 307 Å². The van der Waals surface area contributed by atoms with Crippen molar-refractivity contribution in [2.24, 2.45) is 11.7 Å². The Morgan fingerprint density at radius 2 is 1.21 bits per heavy atom. The first-order chi connectivity index (χ1) is 25.7. The highest BCUT2D eigenvalue weighted by molar-refractivity contribution is 5.85. The van der Waals surface area contributed by atoms with Crippen molar-refractivity contribution in [3.05, 3.63) is 91.0 Å². The van der Waals surface area contributed by atoms with Crippen molar-refractivity contribution >= 4 is 23.9 Å². The molecule has 2 saturated heterocycles. The van der Waals surface area contributed by atoms with Crippen molar-refractivity contribution in [1.82, 2.24) is 39.7 Å². The molecule has 14 heteroatoms. The molecule has 0 unspecified atom stereocenters. The number of ether oxygens (including phenoxy) is 1. The average molecular weight is 717 g/mol. The Hall–Kier alpha value is -6.05. The molecule has 2 aliphatic heterocycles. The summed E-state index contributed by atoms with van der Waals surface area (Å²) >= 11 is 0. The molecule has 4 atom stereocenters. The quantitative estimate of drug-likeness (QED) is 0.130. The zero-order chi connectivity index (χ0) is 37.1. The number of nitrogens with two attached hydrogens (primary N) is 1. The van der Waals surface area contributed by atoms with E-state index in [9.17, 15) is 14.4 Å². The Balaban J connectivity index is 0.999. The van der Waals surface area contributed by atoms with Crippen LogP contribution in [0.3, 0.4) is 0 Å². The fraction of sp³-hybridized carbons (Fsp3) is 0.359. The fourth-order valence-electron chi connectivity index (χ4n) is 7.28. The third-order valence-corrected chi connectivity index (χ3v) is 10.0. The van der Waals surface area contributed by atoms with Crippen molar-refractivity contribution in [3.63, 3.8) is 0 Å². The molecule has 3 aromatic heterocycles. The monoisotopic (exact) mass is 716 g/mol. The molecule has 0 spiro atoms. The molecule has 2 fully saturated rings. The van der Waals surface area contributed by atoms with Gasteiger partial charge in [-0.15, -0.1) is 0 Å². The van der Waals surface area contributed by atoms with E-state index in [0.29, 0.717) is 24.9 Å². The number of primary amides is 1. The van der Waals surface area contributed by atoms with Gasteiger partial charge < -0.3 is 35.6 Å². The molecular formula is C39H44N10O4. The largest absolute Gasteiger partial charge is 0.437 e. The number of aromatic amines is 2. The van der Waals surface area contributed by atoms with Gasteiger partial charge in [-0.2, -0.15) is 0 Å². The van der Waals surface area contributed by atoms with Gasteiger partial charge in [0.25, 0.3) is 5.91 Å². The smallest absolute Gasteiger partial charge is 0.405 e. The molecule has 2 aliphatic rings. The van der Waals surface area contributed by atoms with Crippen LogP contribution in [0.2, 0.25) is 0 Å². The molecule has 0 bridgehead atoms. The lowest BCUT2D eigenvalue weighted by molar-refractivity contribution is -0.140. The average Bonchev–Trinajstić information content (AvgIpc) is 4.00. The molecule has 5 aromatic rings. The van der Waals surface area contributed by atoms with Gasteiger partial charge in [-0.3, -0.25) is 9.59 Å². The summed E-state index contributed by atoms with van der Waals surface area (Å²) in [5, 5.41) is 3.24. The van der Waals surface area contributed by atoms with E-state index < -0.39 is 18.2 Å². The van der Waals surface area contributed by atoms with E-state index in [0.717, 1.165) is 65.1 Å². The zero-order valence-corrected chi connectivity index (χ0v) is 30.0. The molecular weight excluding hydrogens is 672 g/mol. The predicted octanol–water partition coefficient (Wildman–Crippen LogP) is 5.87. The Bertz CT molecular complexity index is 2040. The molecule has 274 valence electrons. The van der Waals surface area contributed by atoms with Crippen LogP contribution in [-0.2, 0) is 14.3 Å². The van der Waals surface area contributed by atoms with Crippen LogP contribution in [0.15, 0.2) is 79.4 Å². The summed E-state index contributed by atoms with van der Waals surface area (Å²) in [7, 11) is 0. The second kappa shape index (κ2) is 15.3. The number of nitrogens with zero attached hydrogens (tertiary/aromatic N) is 6. The van der Waals surface area contributed by atoms with E-state index in [2.05, 4.69) is 66.6 Å². The summed E-state index contributed by atoms with van der Waals surface area (Å²) in [4.78, 5) is 66.2. The molecule has 5 N–H and O–H groups in total. The summed E-state index contributed by atoms with van der Waals surface area (Å²) in [5.41, 5.74) is 11.0. The summed E-state index contributed by atoms with van der Waals surface area (Å²) in [6, 6.07) is 17.5. The molecule has 0 radical (unpaired) electrons. The molecule has 5 heterocycles. The number of likely N-dealkylation sites (tertiary alicyclic amines) is 2. The van der Waals surface area contributed by atoms with E-state index in [1.54, 1.807) is 29.6 Å². The topological polar surface area (TPSA) is 188 Å². The number of imidazole rings is 2. The van der Waals surface area contributed by atoms with Crippen LogP contribution >= 0.6 is 0 Å². The number of nitrogens with one attached hydrogen (secondary N) is 3. The molecule has 0 aliphatic carbocycles. The molecule has 14 nitrogen and oxygen atoms in total. The highest BCUT2D eigenvalue weighted by Gasteiger charge is 2.37. The standard InChI is InChI=1S/C39H44N10O4/c1-23(2)33(47-39-41-17-6-18-42-39)37(51)49-20-5-8-32(49)35-44-22-30(46-35)28-15-11-26(12-16-28)25-9-13-27(14-10-25)29-21-43-34(45-29)31-7-4-19-48(31)36(50)24(3)53-38(40)52/h6,9-18,21-24,31-33H,4-5,7-8,19-20H2,1-3H3,(H2,40,52)(H,43,45)(H,44,46)(H,41,42,47)/t24-,31-,32-,33-/m0/s1. The van der Waals surface area contributed by atoms with Crippen molar-refractivity contribution in [2.75, 3.05) is 18.4 Å². The maximum Gasteiger partial charge on any atom is 0.405 e. The zero-order valence-electron chi connectivity index (χ0n) is 30.0. The first-order valence-corrected chi connectivity index (χ1v) is 18.1. The van der Waals surface area contributed by atoms with Gasteiger partial charge in [0, 0.05) is 25.5 Å². The third kappa shape index (κ3) is 7.62. The van der Waals surface area contributed by atoms with Gasteiger partial charge in [0.2, 0.25) is 11.9 Å². The first kappa shape index (κ1) is 35.4. The number of H-pyrrole nitrogens is 2. The lowest BCUT2D eigenvalue weighted by Crippen LogP contribution is -2.45. The summed E-state index contributed by atoms with van der Waals surface area (Å²) in [5.74, 6) is 1.69. The summed E-state index contributed by atoms with van der Waals surface area (Å²) in [6.07, 6.45) is 8.34. The van der Waals surface area contributed by atoms with E-state index in [1.165, 1.54) is 6.92 Å². The van der Waals surface area contributed by atoms with Gasteiger partial charge in [-0.1, -0.05) is 62.4 Å².